The van der Waals surface area contributed by atoms with E-state index in [2.05, 4.69) is 25.6 Å². The van der Waals surface area contributed by atoms with Crippen LogP contribution in [0.15, 0.2) is 18.3 Å². The Hall–Kier alpha value is -3.05. The van der Waals surface area contributed by atoms with Gasteiger partial charge in [-0.15, -0.1) is 0 Å². The lowest BCUT2D eigenvalue weighted by Crippen LogP contribution is -2.38. The van der Waals surface area contributed by atoms with E-state index in [1.54, 1.807) is 6.92 Å². The SMILES string of the molecule is C[C@@H](CO)Nc1ncc2nc(Nc3c(F)cc(F)cc3Cl)n([C@H]3CC[C@](C)(C(N)=O)CC3)c2n1. The molecule has 1 aliphatic rings. The molecule has 0 spiro atoms. The molecule has 2 aromatic heterocycles. The number of aliphatic hydroxyl groups excluding tert-OH is 1. The van der Waals surface area contributed by atoms with Crippen molar-refractivity contribution in [3.8, 4) is 0 Å². The zero-order chi connectivity index (χ0) is 24.6. The Morgan fingerprint density at radius 1 is 1.35 bits per heavy atom. The number of fused-ring (bicyclic) bond motifs is 1. The lowest BCUT2D eigenvalue weighted by atomic mass is 9.73. The summed E-state index contributed by atoms with van der Waals surface area (Å²) in [5.74, 6) is -1.44. The number of aliphatic hydroxyl groups is 1. The summed E-state index contributed by atoms with van der Waals surface area (Å²) >= 11 is 6.10. The van der Waals surface area contributed by atoms with Crippen LogP contribution in [-0.2, 0) is 4.79 Å². The van der Waals surface area contributed by atoms with Crippen molar-refractivity contribution in [2.24, 2.45) is 11.1 Å². The summed E-state index contributed by atoms with van der Waals surface area (Å²) in [5, 5.41) is 15.1. The Kier molecular flexibility index (Phi) is 6.59. The Labute approximate surface area is 199 Å². The average molecular weight is 494 g/mol. The largest absolute Gasteiger partial charge is 0.394 e. The van der Waals surface area contributed by atoms with Crippen LogP contribution in [0.5, 0.6) is 0 Å². The third-order valence-corrected chi connectivity index (χ3v) is 6.64. The summed E-state index contributed by atoms with van der Waals surface area (Å²) in [6.07, 6.45) is 3.87. The number of amides is 1. The van der Waals surface area contributed by atoms with Crippen LogP contribution in [-0.4, -0.2) is 43.2 Å². The maximum absolute atomic E-state index is 14.5. The molecule has 182 valence electrons. The lowest BCUT2D eigenvalue weighted by Gasteiger charge is -2.35. The molecule has 1 amide bonds. The number of hydrogen-bond acceptors (Lipinski definition) is 7. The number of halogens is 3. The molecule has 1 atom stereocenters. The molecule has 0 bridgehead atoms. The summed E-state index contributed by atoms with van der Waals surface area (Å²) in [4.78, 5) is 25.3. The van der Waals surface area contributed by atoms with E-state index in [1.165, 1.54) is 6.20 Å². The summed E-state index contributed by atoms with van der Waals surface area (Å²) < 4.78 is 29.9. The topological polar surface area (TPSA) is 131 Å². The predicted octanol–water partition coefficient (Wildman–Crippen LogP) is 3.90. The number of carbonyl (C=O) groups is 1. The molecule has 1 aromatic carbocycles. The first-order valence-electron chi connectivity index (χ1n) is 10.9. The zero-order valence-electron chi connectivity index (χ0n) is 18.8. The van der Waals surface area contributed by atoms with Crippen molar-refractivity contribution < 1.29 is 18.7 Å². The second kappa shape index (κ2) is 9.30. The van der Waals surface area contributed by atoms with Gasteiger partial charge in [-0.3, -0.25) is 9.36 Å². The molecule has 1 aliphatic carbocycles. The van der Waals surface area contributed by atoms with Gasteiger partial charge in [-0.25, -0.2) is 18.7 Å². The Morgan fingerprint density at radius 3 is 2.68 bits per heavy atom. The minimum Gasteiger partial charge on any atom is -0.394 e. The molecule has 1 fully saturated rings. The molecule has 4 rings (SSSR count). The highest BCUT2D eigenvalue weighted by Crippen LogP contribution is 2.43. The molecule has 0 unspecified atom stereocenters. The molecule has 5 N–H and O–H groups in total. The van der Waals surface area contributed by atoms with Gasteiger partial charge in [0.05, 0.1) is 23.5 Å². The van der Waals surface area contributed by atoms with Gasteiger partial charge in [-0.2, -0.15) is 4.98 Å². The molecule has 9 nitrogen and oxygen atoms in total. The highest BCUT2D eigenvalue weighted by Gasteiger charge is 2.37. The number of nitrogens with one attached hydrogen (secondary N) is 2. The maximum Gasteiger partial charge on any atom is 0.225 e. The van der Waals surface area contributed by atoms with Crippen LogP contribution in [0.1, 0.15) is 45.6 Å². The average Bonchev–Trinajstić information content (AvgIpc) is 3.14. The lowest BCUT2D eigenvalue weighted by molar-refractivity contribution is -0.128. The smallest absolute Gasteiger partial charge is 0.225 e. The van der Waals surface area contributed by atoms with Crippen molar-refractivity contribution in [3.05, 3.63) is 35.0 Å². The van der Waals surface area contributed by atoms with E-state index in [0.29, 0.717) is 42.8 Å². The van der Waals surface area contributed by atoms with Gasteiger partial charge in [-0.05, 0) is 38.7 Å². The fourth-order valence-corrected chi connectivity index (χ4v) is 4.42. The molecular formula is C22H26ClF2N7O2. The number of aromatic nitrogens is 4. The van der Waals surface area contributed by atoms with Crippen molar-refractivity contribution in [3.63, 3.8) is 0 Å². The third-order valence-electron chi connectivity index (χ3n) is 6.34. The van der Waals surface area contributed by atoms with Crippen molar-refractivity contribution in [2.45, 2.75) is 51.6 Å². The van der Waals surface area contributed by atoms with Crippen molar-refractivity contribution in [1.82, 2.24) is 19.5 Å². The Morgan fingerprint density at radius 2 is 2.06 bits per heavy atom. The number of nitrogens with two attached hydrogens (primary N) is 1. The maximum atomic E-state index is 14.5. The van der Waals surface area contributed by atoms with E-state index in [1.807, 2.05) is 11.5 Å². The van der Waals surface area contributed by atoms with Gasteiger partial charge in [0.1, 0.15) is 11.3 Å². The van der Waals surface area contributed by atoms with E-state index in [9.17, 15) is 18.7 Å². The van der Waals surface area contributed by atoms with Crippen molar-refractivity contribution in [1.29, 1.82) is 0 Å². The number of hydrogen-bond donors (Lipinski definition) is 4. The first-order chi connectivity index (χ1) is 16.1. The normalized spacial score (nSPS) is 21.4. The highest BCUT2D eigenvalue weighted by molar-refractivity contribution is 6.33. The van der Waals surface area contributed by atoms with Gasteiger partial charge in [0.2, 0.25) is 17.8 Å². The van der Waals surface area contributed by atoms with Gasteiger partial charge in [0.25, 0.3) is 0 Å². The molecule has 0 saturated heterocycles. The minimum atomic E-state index is -0.862. The van der Waals surface area contributed by atoms with Gasteiger partial charge in [-0.1, -0.05) is 18.5 Å². The van der Waals surface area contributed by atoms with E-state index in [4.69, 9.17) is 17.3 Å². The first-order valence-corrected chi connectivity index (χ1v) is 11.3. The molecule has 34 heavy (non-hydrogen) atoms. The van der Waals surface area contributed by atoms with Gasteiger partial charge < -0.3 is 21.5 Å². The van der Waals surface area contributed by atoms with Crippen LogP contribution in [0.4, 0.5) is 26.4 Å². The van der Waals surface area contributed by atoms with Crippen molar-refractivity contribution in [2.75, 3.05) is 17.2 Å². The molecule has 0 radical (unpaired) electrons. The summed E-state index contributed by atoms with van der Waals surface area (Å²) in [6, 6.07) is 1.35. The molecule has 3 aromatic rings. The zero-order valence-corrected chi connectivity index (χ0v) is 19.5. The van der Waals surface area contributed by atoms with Gasteiger partial charge >= 0.3 is 0 Å². The van der Waals surface area contributed by atoms with Crippen LogP contribution < -0.4 is 16.4 Å². The molecule has 0 aliphatic heterocycles. The van der Waals surface area contributed by atoms with E-state index >= 15 is 0 Å². The summed E-state index contributed by atoms with van der Waals surface area (Å²) in [6.45, 7) is 3.53. The van der Waals surface area contributed by atoms with Crippen LogP contribution in [0, 0.1) is 17.0 Å². The monoisotopic (exact) mass is 493 g/mol. The number of carbonyl (C=O) groups excluding carboxylic acids is 1. The molecule has 2 heterocycles. The quantitative estimate of drug-likeness (QED) is 0.392. The van der Waals surface area contributed by atoms with Crippen molar-refractivity contribution >= 4 is 46.3 Å². The van der Waals surface area contributed by atoms with E-state index in [-0.39, 0.29) is 41.3 Å². The second-order valence-corrected chi connectivity index (χ2v) is 9.37. The summed E-state index contributed by atoms with van der Waals surface area (Å²) in [7, 11) is 0. The molecule has 12 heteroatoms. The number of nitrogens with zero attached hydrogens (tertiary/aromatic N) is 4. The van der Waals surface area contributed by atoms with Gasteiger partial charge in [0.15, 0.2) is 11.5 Å². The Balaban J connectivity index is 1.78. The number of primary amides is 1. The number of imidazole rings is 1. The van der Waals surface area contributed by atoms with Crippen LogP contribution in [0.3, 0.4) is 0 Å². The van der Waals surface area contributed by atoms with Crippen LogP contribution in [0.25, 0.3) is 11.2 Å². The fraction of sp³-hybridized carbons (Fsp3) is 0.455. The highest BCUT2D eigenvalue weighted by atomic mass is 35.5. The number of anilines is 3. The predicted molar refractivity (Wildman–Crippen MR) is 125 cm³/mol. The fourth-order valence-electron chi connectivity index (χ4n) is 4.18. The summed E-state index contributed by atoms with van der Waals surface area (Å²) in [5.41, 5.74) is 5.82. The molecule has 1 saturated carbocycles. The van der Waals surface area contributed by atoms with E-state index < -0.39 is 17.0 Å². The van der Waals surface area contributed by atoms with Crippen LogP contribution in [0.2, 0.25) is 5.02 Å². The third kappa shape index (κ3) is 4.62. The minimum absolute atomic E-state index is 0.107. The van der Waals surface area contributed by atoms with Crippen LogP contribution >= 0.6 is 11.6 Å². The standard InChI is InChI=1S/C22H26ClF2N7O2/c1-11(10-33)28-20-27-9-16-18(31-20)32(13-3-5-22(2,6-4-13)19(26)34)21(29-16)30-17-14(23)7-12(24)8-15(17)25/h7-9,11,13,33H,3-6,10H2,1-2H3,(H2,26,34)(H,29,30)(H,27,28,31)/t11-,13-,22-/m0/s1. The first kappa shape index (κ1) is 24.1. The number of benzene rings is 1. The van der Waals surface area contributed by atoms with E-state index in [0.717, 1.165) is 12.1 Å². The van der Waals surface area contributed by atoms with Gasteiger partial charge in [0, 0.05) is 23.6 Å². The molecular weight excluding hydrogens is 468 g/mol. The number of rotatable bonds is 7. The Bertz CT molecular complexity index is 1200. The second-order valence-electron chi connectivity index (χ2n) is 8.96.